The number of fused-ring (bicyclic) bond motifs is 1. The molecule has 0 unspecified atom stereocenters. The molecule has 1 aliphatic rings. The van der Waals surface area contributed by atoms with E-state index < -0.39 is 0 Å². The van der Waals surface area contributed by atoms with Gasteiger partial charge < -0.3 is 5.32 Å². The molecule has 1 aliphatic carbocycles. The van der Waals surface area contributed by atoms with Crippen molar-refractivity contribution in [2.45, 2.75) is 46.6 Å². The Labute approximate surface area is 180 Å². The Morgan fingerprint density at radius 2 is 1.97 bits per heavy atom. The molecule has 0 aliphatic heterocycles. The zero-order valence-corrected chi connectivity index (χ0v) is 18.1. The van der Waals surface area contributed by atoms with E-state index >= 15 is 0 Å². The summed E-state index contributed by atoms with van der Waals surface area (Å²) in [4.78, 5) is 14.7. The molecule has 1 aromatic carbocycles. The zero-order valence-electron chi connectivity index (χ0n) is 18.1. The highest BCUT2D eigenvalue weighted by Crippen LogP contribution is 2.47. The molecule has 0 bridgehead atoms. The Balaban J connectivity index is 1.39. The van der Waals surface area contributed by atoms with Crippen molar-refractivity contribution < 1.29 is 4.79 Å². The lowest BCUT2D eigenvalue weighted by atomic mass is 9.69. The fraction of sp³-hybridized carbons (Fsp3) is 0.348. The van der Waals surface area contributed by atoms with E-state index in [0.29, 0.717) is 22.8 Å². The maximum absolute atomic E-state index is 13.0. The van der Waals surface area contributed by atoms with E-state index in [9.17, 15) is 4.79 Å². The number of aromatic nitrogens is 6. The maximum Gasteiger partial charge on any atom is 0.259 e. The number of nitrogens with one attached hydrogen (secondary N) is 1. The first-order valence-electron chi connectivity index (χ1n) is 10.4. The van der Waals surface area contributed by atoms with Gasteiger partial charge in [-0.2, -0.15) is 9.90 Å². The van der Waals surface area contributed by atoms with Gasteiger partial charge in [-0.1, -0.05) is 26.0 Å². The van der Waals surface area contributed by atoms with E-state index in [-0.39, 0.29) is 5.91 Å². The number of aryl methyl sites for hydroxylation is 2. The molecule has 1 saturated carbocycles. The Kier molecular flexibility index (Phi) is 4.39. The predicted molar refractivity (Wildman–Crippen MR) is 118 cm³/mol. The number of anilines is 1. The van der Waals surface area contributed by atoms with E-state index in [1.807, 2.05) is 50.4 Å². The van der Waals surface area contributed by atoms with E-state index in [4.69, 9.17) is 0 Å². The fourth-order valence-electron chi connectivity index (χ4n) is 4.22. The first kappa shape index (κ1) is 19.4. The molecule has 3 aromatic heterocycles. The molecule has 8 heteroatoms. The monoisotopic (exact) mass is 415 g/mol. The van der Waals surface area contributed by atoms with Crippen molar-refractivity contribution in [3.05, 3.63) is 59.4 Å². The molecular weight excluding hydrogens is 390 g/mol. The number of carbonyl (C=O) groups is 1. The molecule has 8 nitrogen and oxygen atoms in total. The van der Waals surface area contributed by atoms with Gasteiger partial charge in [0.05, 0.1) is 23.3 Å². The van der Waals surface area contributed by atoms with Crippen LogP contribution in [0, 0.1) is 19.3 Å². The van der Waals surface area contributed by atoms with Crippen molar-refractivity contribution in [1.82, 2.24) is 29.8 Å². The predicted octanol–water partition coefficient (Wildman–Crippen LogP) is 4.22. The lowest BCUT2D eigenvalue weighted by Crippen LogP contribution is -2.34. The van der Waals surface area contributed by atoms with Crippen molar-refractivity contribution >= 4 is 17.1 Å². The van der Waals surface area contributed by atoms with Crippen LogP contribution < -0.4 is 5.32 Å². The Morgan fingerprint density at radius 1 is 1.16 bits per heavy atom. The van der Waals surface area contributed by atoms with Crippen LogP contribution in [-0.4, -0.2) is 35.7 Å². The van der Waals surface area contributed by atoms with Gasteiger partial charge in [0.15, 0.2) is 0 Å². The zero-order chi connectivity index (χ0) is 21.8. The average molecular weight is 416 g/mol. The topological polar surface area (TPSA) is 90.0 Å². The van der Waals surface area contributed by atoms with Gasteiger partial charge in [-0.3, -0.25) is 4.79 Å². The number of tetrazole rings is 1. The van der Waals surface area contributed by atoms with E-state index in [2.05, 4.69) is 39.7 Å². The highest BCUT2D eigenvalue weighted by Gasteiger charge is 2.38. The first-order valence-corrected chi connectivity index (χ1v) is 10.4. The second kappa shape index (κ2) is 7.01. The van der Waals surface area contributed by atoms with Crippen molar-refractivity contribution in [2.24, 2.45) is 5.41 Å². The van der Waals surface area contributed by atoms with E-state index in [0.717, 1.165) is 40.7 Å². The van der Waals surface area contributed by atoms with Crippen LogP contribution in [-0.2, 0) is 0 Å². The Morgan fingerprint density at radius 3 is 2.74 bits per heavy atom. The minimum Gasteiger partial charge on any atom is -0.322 e. The highest BCUT2D eigenvalue weighted by atomic mass is 16.1. The highest BCUT2D eigenvalue weighted by molar-refractivity contribution is 6.09. The van der Waals surface area contributed by atoms with Gasteiger partial charge >= 0.3 is 0 Å². The third-order valence-corrected chi connectivity index (χ3v) is 6.00. The second-order valence-corrected chi connectivity index (χ2v) is 9.24. The van der Waals surface area contributed by atoms with Gasteiger partial charge in [0, 0.05) is 17.4 Å². The lowest BCUT2D eigenvalue weighted by Gasteiger charge is -2.41. The van der Waals surface area contributed by atoms with Crippen LogP contribution in [0.4, 0.5) is 5.69 Å². The molecule has 4 aromatic rings. The van der Waals surface area contributed by atoms with E-state index in [1.165, 1.54) is 0 Å². The summed E-state index contributed by atoms with van der Waals surface area (Å²) in [6, 6.07) is 10.0. The molecule has 0 spiro atoms. The Bertz CT molecular complexity index is 1290. The molecule has 0 radical (unpaired) electrons. The molecule has 1 N–H and O–H groups in total. The Hall–Kier alpha value is -3.55. The number of amides is 1. The van der Waals surface area contributed by atoms with Gasteiger partial charge in [-0.25, -0.2) is 4.52 Å². The summed E-state index contributed by atoms with van der Waals surface area (Å²) in [6.07, 6.45) is 5.55. The number of benzene rings is 1. The number of hydrogen-bond donors (Lipinski definition) is 1. The largest absolute Gasteiger partial charge is 0.322 e. The SMILES string of the molecule is Cc1ccn2ncc(C(=O)Nc3cc(-c4nnn(C5CC(C)(C)C5)n4)ccc3C)c2c1. The molecule has 158 valence electrons. The van der Waals surface area contributed by atoms with Crippen molar-refractivity contribution in [3.8, 4) is 11.4 Å². The summed E-state index contributed by atoms with van der Waals surface area (Å²) >= 11 is 0. The summed E-state index contributed by atoms with van der Waals surface area (Å²) in [5.74, 6) is 0.362. The summed E-state index contributed by atoms with van der Waals surface area (Å²) in [6.45, 7) is 8.45. The molecule has 1 fully saturated rings. The molecule has 5 rings (SSSR count). The smallest absolute Gasteiger partial charge is 0.259 e. The van der Waals surface area contributed by atoms with Gasteiger partial charge in [-0.05, 0) is 66.6 Å². The standard InChI is InChI=1S/C23H25N7O/c1-14-7-8-29-20(9-14)18(13-24-29)22(31)25-19-10-16(6-5-15(19)2)21-26-28-30(27-21)17-11-23(3,4)12-17/h5-10,13,17H,11-12H2,1-4H3,(H,25,31). The van der Waals surface area contributed by atoms with Crippen LogP contribution in [0.3, 0.4) is 0 Å². The van der Waals surface area contributed by atoms with Gasteiger partial charge in [0.1, 0.15) is 0 Å². The van der Waals surface area contributed by atoms with Crippen LogP contribution in [0.15, 0.2) is 42.7 Å². The summed E-state index contributed by atoms with van der Waals surface area (Å²) in [5, 5.41) is 20.4. The minimum atomic E-state index is -0.200. The third-order valence-electron chi connectivity index (χ3n) is 6.00. The molecule has 31 heavy (non-hydrogen) atoms. The van der Waals surface area contributed by atoms with Crippen LogP contribution in [0.25, 0.3) is 16.9 Å². The summed E-state index contributed by atoms with van der Waals surface area (Å²) < 4.78 is 1.70. The molecule has 3 heterocycles. The molecule has 0 atom stereocenters. The number of carbonyl (C=O) groups excluding carboxylic acids is 1. The van der Waals surface area contributed by atoms with E-state index in [1.54, 1.807) is 15.5 Å². The quantitative estimate of drug-likeness (QED) is 0.539. The second-order valence-electron chi connectivity index (χ2n) is 9.24. The average Bonchev–Trinajstić information content (AvgIpc) is 3.34. The molecule has 0 saturated heterocycles. The minimum absolute atomic E-state index is 0.200. The van der Waals surface area contributed by atoms with Gasteiger partial charge in [0.25, 0.3) is 5.91 Å². The van der Waals surface area contributed by atoms with Crippen LogP contribution in [0.5, 0.6) is 0 Å². The number of pyridine rings is 1. The summed E-state index contributed by atoms with van der Waals surface area (Å²) in [7, 11) is 0. The number of rotatable bonds is 4. The fourth-order valence-corrected chi connectivity index (χ4v) is 4.22. The lowest BCUT2D eigenvalue weighted by molar-refractivity contribution is 0.0828. The van der Waals surface area contributed by atoms with Crippen LogP contribution in [0.2, 0.25) is 0 Å². The summed E-state index contributed by atoms with van der Waals surface area (Å²) in [5.41, 5.74) is 5.22. The van der Waals surface area contributed by atoms with Crippen molar-refractivity contribution in [2.75, 3.05) is 5.32 Å². The normalized spacial score (nSPS) is 15.7. The molecular formula is C23H25N7O. The van der Waals surface area contributed by atoms with Crippen LogP contribution >= 0.6 is 0 Å². The first-order chi connectivity index (χ1) is 14.8. The van der Waals surface area contributed by atoms with Gasteiger partial charge in [-0.15, -0.1) is 10.2 Å². The maximum atomic E-state index is 13.0. The van der Waals surface area contributed by atoms with Gasteiger partial charge in [0.2, 0.25) is 5.82 Å². The van der Waals surface area contributed by atoms with Crippen LogP contribution in [0.1, 0.15) is 54.2 Å². The third kappa shape index (κ3) is 3.58. The number of nitrogens with zero attached hydrogens (tertiary/aromatic N) is 6. The van der Waals surface area contributed by atoms with Crippen molar-refractivity contribution in [3.63, 3.8) is 0 Å². The number of hydrogen-bond acceptors (Lipinski definition) is 5. The van der Waals surface area contributed by atoms with Crippen molar-refractivity contribution in [1.29, 1.82) is 0 Å². The molecule has 1 amide bonds.